The van der Waals surface area contributed by atoms with Crippen molar-refractivity contribution in [2.24, 2.45) is 5.10 Å². The number of rotatable bonds is 5. The van der Waals surface area contributed by atoms with E-state index in [1.807, 2.05) is 38.1 Å². The standard InChI is InChI=1S/C18H18N4O2S2/c1-11-16(26-17(20-11)13-5-7-14(23)8-6-13)12(2)21-22-18(25)19-10-15-4-3-9-24-15/h3-9,23H,10H2,1-2H3,(H2,19,22,25)/b21-12+. The number of phenolic OH excluding ortho intramolecular Hbond substituents is 1. The summed E-state index contributed by atoms with van der Waals surface area (Å²) in [7, 11) is 0. The Morgan fingerprint density at radius 2 is 2.08 bits per heavy atom. The average molecular weight is 387 g/mol. The Balaban J connectivity index is 1.65. The Morgan fingerprint density at radius 3 is 2.77 bits per heavy atom. The monoisotopic (exact) mass is 386 g/mol. The van der Waals surface area contributed by atoms with Gasteiger partial charge in [0.25, 0.3) is 0 Å². The highest BCUT2D eigenvalue weighted by Gasteiger charge is 2.12. The third-order valence-corrected chi connectivity index (χ3v) is 5.12. The van der Waals surface area contributed by atoms with Crippen LogP contribution in [0.1, 0.15) is 23.3 Å². The van der Waals surface area contributed by atoms with Crippen molar-refractivity contribution in [3.05, 3.63) is 59.0 Å². The maximum Gasteiger partial charge on any atom is 0.187 e. The summed E-state index contributed by atoms with van der Waals surface area (Å²) in [5.74, 6) is 1.03. The van der Waals surface area contributed by atoms with Crippen LogP contribution >= 0.6 is 23.6 Å². The lowest BCUT2D eigenvalue weighted by Crippen LogP contribution is -2.32. The van der Waals surface area contributed by atoms with Crippen LogP contribution in [-0.4, -0.2) is 20.9 Å². The Kier molecular flexibility index (Phi) is 5.65. The van der Waals surface area contributed by atoms with Gasteiger partial charge in [-0.1, -0.05) is 0 Å². The van der Waals surface area contributed by atoms with Gasteiger partial charge in [0.05, 0.1) is 29.1 Å². The van der Waals surface area contributed by atoms with Gasteiger partial charge in [-0.25, -0.2) is 4.98 Å². The molecule has 0 unspecified atom stereocenters. The molecule has 0 spiro atoms. The first kappa shape index (κ1) is 18.1. The van der Waals surface area contributed by atoms with E-state index >= 15 is 0 Å². The first-order chi connectivity index (χ1) is 12.5. The SMILES string of the molecule is C/C(=N\NC(=S)NCc1ccco1)c1sc(-c2ccc(O)cc2)nc1C. The topological polar surface area (TPSA) is 82.7 Å². The summed E-state index contributed by atoms with van der Waals surface area (Å²) in [6.45, 7) is 4.35. The van der Waals surface area contributed by atoms with Crippen molar-refractivity contribution in [2.45, 2.75) is 20.4 Å². The molecule has 8 heteroatoms. The molecular formula is C18H18N4O2S2. The summed E-state index contributed by atoms with van der Waals surface area (Å²) in [6, 6.07) is 10.7. The number of phenols is 1. The van der Waals surface area contributed by atoms with Crippen LogP contribution in [-0.2, 0) is 6.54 Å². The number of aryl methyl sites for hydroxylation is 1. The number of hydrogen-bond acceptors (Lipinski definition) is 6. The van der Waals surface area contributed by atoms with Crippen LogP contribution in [0.3, 0.4) is 0 Å². The number of aromatic hydroxyl groups is 1. The minimum atomic E-state index is 0.236. The van der Waals surface area contributed by atoms with Crippen LogP contribution in [0.25, 0.3) is 10.6 Å². The molecule has 0 atom stereocenters. The van der Waals surface area contributed by atoms with Gasteiger partial charge in [-0.15, -0.1) is 11.3 Å². The Hall–Kier alpha value is -2.71. The first-order valence-electron chi connectivity index (χ1n) is 7.90. The minimum Gasteiger partial charge on any atom is -0.508 e. The van der Waals surface area contributed by atoms with Gasteiger partial charge in [-0.3, -0.25) is 5.43 Å². The molecule has 0 bridgehead atoms. The molecule has 0 aliphatic rings. The second kappa shape index (κ2) is 8.11. The van der Waals surface area contributed by atoms with Crippen molar-refractivity contribution < 1.29 is 9.52 Å². The minimum absolute atomic E-state index is 0.236. The average Bonchev–Trinajstić information content (AvgIpc) is 3.28. The van der Waals surface area contributed by atoms with Crippen LogP contribution in [0, 0.1) is 6.92 Å². The van der Waals surface area contributed by atoms with Crippen molar-refractivity contribution in [1.82, 2.24) is 15.7 Å². The molecule has 3 N–H and O–H groups in total. The molecule has 0 fully saturated rings. The molecule has 3 rings (SSSR count). The fourth-order valence-electron chi connectivity index (χ4n) is 2.27. The lowest BCUT2D eigenvalue weighted by molar-refractivity contribution is 0.475. The fourth-order valence-corrected chi connectivity index (χ4v) is 3.40. The predicted molar refractivity (Wildman–Crippen MR) is 107 cm³/mol. The number of aromatic nitrogens is 1. The molecule has 0 aliphatic heterocycles. The molecule has 26 heavy (non-hydrogen) atoms. The molecule has 134 valence electrons. The van der Waals surface area contributed by atoms with Crippen LogP contribution in [0.2, 0.25) is 0 Å². The van der Waals surface area contributed by atoms with Gasteiger partial charge in [0.1, 0.15) is 16.5 Å². The maximum absolute atomic E-state index is 9.41. The van der Waals surface area contributed by atoms with Crippen LogP contribution in [0.5, 0.6) is 5.75 Å². The van der Waals surface area contributed by atoms with E-state index < -0.39 is 0 Å². The lowest BCUT2D eigenvalue weighted by Gasteiger charge is -2.06. The van der Waals surface area contributed by atoms with E-state index in [-0.39, 0.29) is 5.75 Å². The van der Waals surface area contributed by atoms with Gasteiger partial charge < -0.3 is 14.8 Å². The van der Waals surface area contributed by atoms with Crippen molar-refractivity contribution >= 4 is 34.4 Å². The second-order valence-electron chi connectivity index (χ2n) is 5.55. The highest BCUT2D eigenvalue weighted by molar-refractivity contribution is 7.80. The number of thiocarbonyl (C=S) groups is 1. The maximum atomic E-state index is 9.41. The number of thiazole rings is 1. The third kappa shape index (κ3) is 4.47. The highest BCUT2D eigenvalue weighted by atomic mass is 32.1. The van der Waals surface area contributed by atoms with Crippen molar-refractivity contribution in [1.29, 1.82) is 0 Å². The van der Waals surface area contributed by atoms with Crippen molar-refractivity contribution in [2.75, 3.05) is 0 Å². The molecule has 0 aliphatic carbocycles. The highest BCUT2D eigenvalue weighted by Crippen LogP contribution is 2.29. The van der Waals surface area contributed by atoms with Gasteiger partial charge in [0, 0.05) is 5.56 Å². The molecule has 6 nitrogen and oxygen atoms in total. The van der Waals surface area contributed by atoms with E-state index in [9.17, 15) is 5.11 Å². The van der Waals surface area contributed by atoms with Gasteiger partial charge in [0.2, 0.25) is 0 Å². The molecule has 2 aromatic heterocycles. The first-order valence-corrected chi connectivity index (χ1v) is 9.13. The zero-order valence-electron chi connectivity index (χ0n) is 14.3. The van der Waals surface area contributed by atoms with E-state index in [1.165, 1.54) is 0 Å². The summed E-state index contributed by atoms with van der Waals surface area (Å²) >= 11 is 6.76. The molecule has 0 radical (unpaired) electrons. The van der Waals surface area contributed by atoms with Crippen LogP contribution in [0.15, 0.2) is 52.2 Å². The number of nitrogens with one attached hydrogen (secondary N) is 2. The molecule has 0 amide bonds. The van der Waals surface area contributed by atoms with Gasteiger partial charge >= 0.3 is 0 Å². The predicted octanol–water partition coefficient (Wildman–Crippen LogP) is 3.81. The van der Waals surface area contributed by atoms with Gasteiger partial charge in [-0.05, 0) is 62.5 Å². The number of hydrazone groups is 1. The molecule has 1 aromatic carbocycles. The molecule has 2 heterocycles. The summed E-state index contributed by atoms with van der Waals surface area (Å²) < 4.78 is 5.24. The number of benzene rings is 1. The van der Waals surface area contributed by atoms with Gasteiger partial charge in [-0.2, -0.15) is 5.10 Å². The molecule has 0 saturated heterocycles. The van der Waals surface area contributed by atoms with E-state index in [2.05, 4.69) is 20.8 Å². The van der Waals surface area contributed by atoms with Crippen molar-refractivity contribution in [3.8, 4) is 16.3 Å². The Morgan fingerprint density at radius 1 is 1.31 bits per heavy atom. The number of hydrogen-bond donors (Lipinski definition) is 3. The van der Waals surface area contributed by atoms with E-state index in [0.29, 0.717) is 11.7 Å². The van der Waals surface area contributed by atoms with Crippen LogP contribution < -0.4 is 10.7 Å². The Bertz CT molecular complexity index is 915. The van der Waals surface area contributed by atoms with Crippen molar-refractivity contribution in [3.63, 3.8) is 0 Å². The zero-order chi connectivity index (χ0) is 18.5. The van der Waals surface area contributed by atoms with E-state index in [1.54, 1.807) is 29.7 Å². The Labute approximate surface area is 160 Å². The normalized spacial score (nSPS) is 11.4. The molecular weight excluding hydrogens is 368 g/mol. The lowest BCUT2D eigenvalue weighted by atomic mass is 10.2. The van der Waals surface area contributed by atoms with Gasteiger partial charge in [0.15, 0.2) is 5.11 Å². The second-order valence-corrected chi connectivity index (χ2v) is 6.96. The zero-order valence-corrected chi connectivity index (χ0v) is 15.9. The molecule has 3 aromatic rings. The summed E-state index contributed by atoms with van der Waals surface area (Å²) in [5, 5.41) is 18.1. The van der Waals surface area contributed by atoms with E-state index in [4.69, 9.17) is 16.6 Å². The summed E-state index contributed by atoms with van der Waals surface area (Å²) in [5.41, 5.74) is 5.49. The smallest absolute Gasteiger partial charge is 0.187 e. The third-order valence-electron chi connectivity index (χ3n) is 3.57. The summed E-state index contributed by atoms with van der Waals surface area (Å²) in [6.07, 6.45) is 1.62. The molecule has 0 saturated carbocycles. The number of furan rings is 1. The van der Waals surface area contributed by atoms with E-state index in [0.717, 1.165) is 32.6 Å². The fraction of sp³-hybridized carbons (Fsp3) is 0.167. The largest absolute Gasteiger partial charge is 0.508 e. The number of nitrogens with zero attached hydrogens (tertiary/aromatic N) is 2. The summed E-state index contributed by atoms with van der Waals surface area (Å²) in [4.78, 5) is 5.58. The quantitative estimate of drug-likeness (QED) is 0.351. The van der Waals surface area contributed by atoms with Crippen LogP contribution in [0.4, 0.5) is 0 Å².